The van der Waals surface area contributed by atoms with Crippen LogP contribution in [0.3, 0.4) is 0 Å². The van der Waals surface area contributed by atoms with Crippen LogP contribution in [0.25, 0.3) is 10.2 Å². The molecule has 170 valence electrons. The van der Waals surface area contributed by atoms with Crippen LogP contribution in [0, 0.1) is 5.92 Å². The van der Waals surface area contributed by atoms with Crippen LogP contribution in [0.15, 0.2) is 39.9 Å². The lowest BCUT2D eigenvalue weighted by Gasteiger charge is -2.30. The van der Waals surface area contributed by atoms with Crippen molar-refractivity contribution in [2.24, 2.45) is 5.92 Å². The van der Waals surface area contributed by atoms with E-state index in [1.54, 1.807) is 28.8 Å². The van der Waals surface area contributed by atoms with Gasteiger partial charge in [0.05, 0.1) is 29.3 Å². The van der Waals surface area contributed by atoms with Gasteiger partial charge in [-0.05, 0) is 42.5 Å². The normalized spacial score (nSPS) is 20.5. The molecule has 2 aromatic heterocycles. The number of hydrogen-bond donors (Lipinski definition) is 1. The Morgan fingerprint density at radius 1 is 1.19 bits per heavy atom. The summed E-state index contributed by atoms with van der Waals surface area (Å²) in [7, 11) is -3.54. The highest BCUT2D eigenvalue weighted by Crippen LogP contribution is 2.32. The van der Waals surface area contributed by atoms with Gasteiger partial charge >= 0.3 is 0 Å². The van der Waals surface area contributed by atoms with Crippen molar-refractivity contribution in [3.8, 4) is 0 Å². The lowest BCUT2D eigenvalue weighted by molar-refractivity contribution is -0.120. The number of ether oxygens (including phenoxy) is 1. The quantitative estimate of drug-likeness (QED) is 0.588. The summed E-state index contributed by atoms with van der Waals surface area (Å²) in [5.41, 5.74) is 1.61. The third kappa shape index (κ3) is 4.40. The fraction of sp³-hybridized carbons (Fsp3) is 0.429. The van der Waals surface area contributed by atoms with E-state index in [0.29, 0.717) is 42.5 Å². The second kappa shape index (κ2) is 9.06. The van der Waals surface area contributed by atoms with Gasteiger partial charge in [-0.3, -0.25) is 4.79 Å². The van der Waals surface area contributed by atoms with Crippen molar-refractivity contribution >= 4 is 59.6 Å². The Labute approximate surface area is 194 Å². The first kappa shape index (κ1) is 21.8. The summed E-state index contributed by atoms with van der Waals surface area (Å²) in [5, 5.41) is 5.70. The molecule has 32 heavy (non-hydrogen) atoms. The minimum atomic E-state index is -3.54. The topological polar surface area (TPSA) is 91.8 Å². The molecule has 0 saturated carbocycles. The molecule has 1 unspecified atom stereocenters. The summed E-state index contributed by atoms with van der Waals surface area (Å²) < 4.78 is 33.9. The monoisotopic (exact) mass is 492 g/mol. The molecule has 11 heteroatoms. The van der Waals surface area contributed by atoms with E-state index in [-0.39, 0.29) is 18.4 Å². The van der Waals surface area contributed by atoms with E-state index in [2.05, 4.69) is 10.2 Å². The lowest BCUT2D eigenvalue weighted by atomic mass is 9.99. The number of amides is 1. The van der Waals surface area contributed by atoms with Crippen LogP contribution in [0.4, 0.5) is 10.8 Å². The number of rotatable bonds is 5. The van der Waals surface area contributed by atoms with Gasteiger partial charge in [-0.1, -0.05) is 17.4 Å². The largest absolute Gasteiger partial charge is 0.378 e. The number of benzene rings is 1. The Bertz CT molecular complexity index is 1200. The first-order chi connectivity index (χ1) is 15.5. The van der Waals surface area contributed by atoms with E-state index in [1.807, 2.05) is 18.2 Å². The Balaban J connectivity index is 1.27. The maximum atomic E-state index is 13.0. The zero-order chi connectivity index (χ0) is 22.1. The third-order valence-corrected chi connectivity index (χ3v) is 10.1. The van der Waals surface area contributed by atoms with E-state index in [1.165, 1.54) is 15.6 Å². The number of morpholine rings is 1. The summed E-state index contributed by atoms with van der Waals surface area (Å²) in [6.07, 6.45) is 1.34. The van der Waals surface area contributed by atoms with Crippen LogP contribution in [0.5, 0.6) is 0 Å². The first-order valence-electron chi connectivity index (χ1n) is 10.6. The third-order valence-electron chi connectivity index (χ3n) is 5.77. The summed E-state index contributed by atoms with van der Waals surface area (Å²) in [5.74, 6) is -0.520. The summed E-state index contributed by atoms with van der Waals surface area (Å²) >= 11 is 2.81. The number of carbonyl (C=O) groups excluding carboxylic acids is 1. The Morgan fingerprint density at radius 2 is 2.03 bits per heavy atom. The molecule has 0 aliphatic carbocycles. The molecule has 2 aliphatic rings. The molecule has 5 rings (SSSR count). The number of carbonyl (C=O) groups is 1. The second-order valence-corrected chi connectivity index (χ2v) is 12.0. The molecule has 1 aromatic carbocycles. The first-order valence-corrected chi connectivity index (χ1v) is 13.7. The highest BCUT2D eigenvalue weighted by molar-refractivity contribution is 7.91. The Morgan fingerprint density at radius 3 is 2.81 bits per heavy atom. The molecule has 2 aliphatic heterocycles. The number of piperidine rings is 1. The van der Waals surface area contributed by atoms with Crippen LogP contribution in [-0.4, -0.2) is 63.0 Å². The van der Waals surface area contributed by atoms with Crippen molar-refractivity contribution in [1.82, 2.24) is 9.29 Å². The number of aromatic nitrogens is 1. The van der Waals surface area contributed by atoms with E-state index in [4.69, 9.17) is 9.72 Å². The number of nitrogens with one attached hydrogen (secondary N) is 1. The molecule has 2 saturated heterocycles. The average Bonchev–Trinajstić information content (AvgIpc) is 3.50. The minimum Gasteiger partial charge on any atom is -0.378 e. The molecular weight excluding hydrogens is 468 g/mol. The number of sulfonamides is 1. The molecule has 0 radical (unpaired) electrons. The van der Waals surface area contributed by atoms with Gasteiger partial charge in [0, 0.05) is 31.9 Å². The standard InChI is InChI=1S/C21H24N4O4S3/c26-20(15-3-1-7-25(14-15)32(27,28)19-4-2-12-30-19)22-16-5-6-17-18(13-16)31-21(23-17)24-8-10-29-11-9-24/h2,4-6,12-13,15H,1,3,7-11,14H2,(H,22,26). The molecule has 0 bridgehead atoms. The SMILES string of the molecule is O=C(Nc1ccc2nc(N3CCOCC3)sc2c1)C1CCCN(S(=O)(=O)c2cccs2)C1. The molecular formula is C21H24N4O4S3. The number of thiophene rings is 1. The van der Waals surface area contributed by atoms with Crippen molar-refractivity contribution in [1.29, 1.82) is 0 Å². The van der Waals surface area contributed by atoms with Gasteiger partial charge < -0.3 is 15.0 Å². The zero-order valence-electron chi connectivity index (χ0n) is 17.4. The predicted molar refractivity (Wildman–Crippen MR) is 127 cm³/mol. The van der Waals surface area contributed by atoms with Crippen LogP contribution in [0.1, 0.15) is 12.8 Å². The zero-order valence-corrected chi connectivity index (χ0v) is 19.8. The van der Waals surface area contributed by atoms with Gasteiger partial charge in [0.25, 0.3) is 10.0 Å². The molecule has 3 aromatic rings. The number of hydrogen-bond acceptors (Lipinski definition) is 8. The minimum absolute atomic E-state index is 0.145. The van der Waals surface area contributed by atoms with Crippen LogP contribution in [0.2, 0.25) is 0 Å². The molecule has 1 amide bonds. The van der Waals surface area contributed by atoms with Crippen molar-refractivity contribution in [3.63, 3.8) is 0 Å². The van der Waals surface area contributed by atoms with Crippen molar-refractivity contribution in [3.05, 3.63) is 35.7 Å². The lowest BCUT2D eigenvalue weighted by Crippen LogP contribution is -2.43. The molecule has 0 spiro atoms. The van der Waals surface area contributed by atoms with Crippen molar-refractivity contribution < 1.29 is 17.9 Å². The van der Waals surface area contributed by atoms with E-state index in [0.717, 1.165) is 28.4 Å². The number of nitrogens with zero attached hydrogens (tertiary/aromatic N) is 3. The van der Waals surface area contributed by atoms with Crippen LogP contribution in [-0.2, 0) is 19.6 Å². The number of anilines is 2. The number of thiazole rings is 1. The van der Waals surface area contributed by atoms with E-state index >= 15 is 0 Å². The Hall–Kier alpha value is -2.05. The highest BCUT2D eigenvalue weighted by Gasteiger charge is 2.33. The maximum absolute atomic E-state index is 13.0. The van der Waals surface area contributed by atoms with Crippen LogP contribution < -0.4 is 10.2 Å². The average molecular weight is 493 g/mol. The fourth-order valence-corrected chi connectivity index (χ4v) is 7.76. The predicted octanol–water partition coefficient (Wildman–Crippen LogP) is 3.23. The summed E-state index contributed by atoms with van der Waals surface area (Å²) in [4.78, 5) is 19.9. The maximum Gasteiger partial charge on any atom is 0.252 e. The molecule has 1 N–H and O–H groups in total. The van der Waals surface area contributed by atoms with Crippen molar-refractivity contribution in [2.45, 2.75) is 17.1 Å². The summed E-state index contributed by atoms with van der Waals surface area (Å²) in [6.45, 7) is 3.72. The fourth-order valence-electron chi connectivity index (χ4n) is 4.04. The second-order valence-electron chi connectivity index (χ2n) is 7.90. The van der Waals surface area contributed by atoms with Gasteiger partial charge in [0.1, 0.15) is 4.21 Å². The van der Waals surface area contributed by atoms with Gasteiger partial charge in [0.2, 0.25) is 5.91 Å². The Kier molecular flexibility index (Phi) is 6.17. The smallest absolute Gasteiger partial charge is 0.252 e. The molecule has 2 fully saturated rings. The van der Waals surface area contributed by atoms with E-state index < -0.39 is 10.0 Å². The van der Waals surface area contributed by atoms with Gasteiger partial charge in [-0.25, -0.2) is 13.4 Å². The van der Waals surface area contributed by atoms with E-state index in [9.17, 15) is 13.2 Å². The van der Waals surface area contributed by atoms with Crippen molar-refractivity contribution in [2.75, 3.05) is 49.6 Å². The summed E-state index contributed by atoms with van der Waals surface area (Å²) in [6, 6.07) is 9.05. The highest BCUT2D eigenvalue weighted by atomic mass is 32.2. The van der Waals surface area contributed by atoms with Gasteiger partial charge in [-0.2, -0.15) is 4.31 Å². The molecule has 4 heterocycles. The van der Waals surface area contributed by atoms with Gasteiger partial charge in [0.15, 0.2) is 5.13 Å². The van der Waals surface area contributed by atoms with Crippen LogP contribution >= 0.6 is 22.7 Å². The molecule has 8 nitrogen and oxygen atoms in total. The molecule has 1 atom stereocenters. The van der Waals surface area contributed by atoms with Gasteiger partial charge in [-0.15, -0.1) is 11.3 Å². The number of fused-ring (bicyclic) bond motifs is 1.